The van der Waals surface area contributed by atoms with Gasteiger partial charge >= 0.3 is 0 Å². The molecule has 5 heteroatoms. The van der Waals surface area contributed by atoms with E-state index in [1.54, 1.807) is 7.11 Å². The lowest BCUT2D eigenvalue weighted by atomic mass is 9.94. The third kappa shape index (κ3) is 5.44. The van der Waals surface area contributed by atoms with Crippen molar-refractivity contribution in [2.75, 3.05) is 32.1 Å². The maximum absolute atomic E-state index is 5.84. The quantitative estimate of drug-likeness (QED) is 0.606. The number of nitrogens with one attached hydrogen (secondary N) is 1. The van der Waals surface area contributed by atoms with Gasteiger partial charge in [0.2, 0.25) is 0 Å². The molecule has 0 amide bonds. The fourth-order valence-corrected chi connectivity index (χ4v) is 3.75. The van der Waals surface area contributed by atoms with Gasteiger partial charge < -0.3 is 19.7 Å². The van der Waals surface area contributed by atoms with Crippen LogP contribution >= 0.6 is 12.2 Å². The molecule has 1 aromatic carbocycles. The van der Waals surface area contributed by atoms with Gasteiger partial charge in [-0.25, -0.2) is 0 Å². The second-order valence-corrected chi connectivity index (χ2v) is 7.24. The molecular weight excluding hydrogens is 332 g/mol. The number of hydrogen-bond acceptors (Lipinski definition) is 3. The van der Waals surface area contributed by atoms with Gasteiger partial charge in [-0.15, -0.1) is 0 Å². The van der Waals surface area contributed by atoms with E-state index >= 15 is 0 Å². The number of nitrogens with zero attached hydrogens (tertiary/aromatic N) is 1. The molecule has 1 aromatic rings. The SMILES string of the molecule is COc1ccc(NC(=S)N(C[C@H]2CC=CCC2)C[C@H]2CCCO2)cc1. The Balaban J connectivity index is 1.62. The molecule has 2 atom stereocenters. The third-order valence-electron chi connectivity index (χ3n) is 4.93. The molecule has 0 aromatic heterocycles. The minimum Gasteiger partial charge on any atom is -0.497 e. The molecule has 25 heavy (non-hydrogen) atoms. The summed E-state index contributed by atoms with van der Waals surface area (Å²) in [5, 5.41) is 4.17. The average molecular weight is 361 g/mol. The molecule has 1 aliphatic heterocycles. The highest BCUT2D eigenvalue weighted by Gasteiger charge is 2.23. The van der Waals surface area contributed by atoms with Crippen molar-refractivity contribution in [1.82, 2.24) is 4.90 Å². The van der Waals surface area contributed by atoms with Gasteiger partial charge in [0, 0.05) is 25.4 Å². The predicted octanol–water partition coefficient (Wildman–Crippen LogP) is 4.23. The second kappa shape index (κ2) is 9.20. The van der Waals surface area contributed by atoms with Crippen LogP contribution in [0.1, 0.15) is 32.1 Å². The number of thiocarbonyl (C=S) groups is 1. The molecule has 0 unspecified atom stereocenters. The zero-order valence-electron chi connectivity index (χ0n) is 14.9. The van der Waals surface area contributed by atoms with E-state index < -0.39 is 0 Å². The fraction of sp³-hybridized carbons (Fsp3) is 0.550. The predicted molar refractivity (Wildman–Crippen MR) is 106 cm³/mol. The van der Waals surface area contributed by atoms with Crippen molar-refractivity contribution in [1.29, 1.82) is 0 Å². The van der Waals surface area contributed by atoms with Gasteiger partial charge in [-0.3, -0.25) is 0 Å². The van der Waals surface area contributed by atoms with E-state index in [1.807, 2.05) is 24.3 Å². The van der Waals surface area contributed by atoms with E-state index in [9.17, 15) is 0 Å². The Morgan fingerprint density at radius 2 is 2.08 bits per heavy atom. The first-order chi connectivity index (χ1) is 12.2. The maximum atomic E-state index is 5.84. The number of methoxy groups -OCH3 is 1. The normalized spacial score (nSPS) is 22.6. The Morgan fingerprint density at radius 3 is 2.72 bits per heavy atom. The molecule has 1 saturated heterocycles. The largest absolute Gasteiger partial charge is 0.497 e. The van der Waals surface area contributed by atoms with Crippen LogP contribution in [0.5, 0.6) is 5.75 Å². The van der Waals surface area contributed by atoms with Gasteiger partial charge in [0.1, 0.15) is 5.75 Å². The first-order valence-electron chi connectivity index (χ1n) is 9.21. The van der Waals surface area contributed by atoms with Crippen molar-refractivity contribution >= 4 is 23.0 Å². The van der Waals surface area contributed by atoms with E-state index in [0.29, 0.717) is 12.0 Å². The highest BCUT2D eigenvalue weighted by Crippen LogP contribution is 2.22. The highest BCUT2D eigenvalue weighted by atomic mass is 32.1. The molecule has 4 nitrogen and oxygen atoms in total. The Labute approximate surface area is 156 Å². The Hall–Kier alpha value is -1.59. The van der Waals surface area contributed by atoms with Gasteiger partial charge in [-0.05, 0) is 74.5 Å². The van der Waals surface area contributed by atoms with E-state index in [-0.39, 0.29) is 0 Å². The van der Waals surface area contributed by atoms with E-state index in [4.69, 9.17) is 21.7 Å². The number of ether oxygens (including phenoxy) is 2. The first-order valence-corrected chi connectivity index (χ1v) is 9.62. The summed E-state index contributed by atoms with van der Waals surface area (Å²) in [6.07, 6.45) is 10.7. The second-order valence-electron chi connectivity index (χ2n) is 6.85. The summed E-state index contributed by atoms with van der Waals surface area (Å²) >= 11 is 5.73. The molecule has 0 spiro atoms. The minimum absolute atomic E-state index is 0.301. The summed E-state index contributed by atoms with van der Waals surface area (Å²) in [7, 11) is 1.68. The van der Waals surface area contributed by atoms with Gasteiger partial charge in [-0.2, -0.15) is 0 Å². The maximum Gasteiger partial charge on any atom is 0.173 e. The summed E-state index contributed by atoms with van der Waals surface area (Å²) in [6, 6.07) is 7.89. The Morgan fingerprint density at radius 1 is 1.24 bits per heavy atom. The van der Waals surface area contributed by atoms with Gasteiger partial charge in [0.15, 0.2) is 5.11 Å². The molecule has 1 N–H and O–H groups in total. The molecular formula is C20H28N2O2S. The number of rotatable bonds is 6. The van der Waals surface area contributed by atoms with Crippen LogP contribution in [0.25, 0.3) is 0 Å². The van der Waals surface area contributed by atoms with Crippen molar-refractivity contribution in [3.63, 3.8) is 0 Å². The van der Waals surface area contributed by atoms with Crippen LogP contribution in [-0.2, 0) is 4.74 Å². The van der Waals surface area contributed by atoms with Crippen molar-refractivity contribution in [3.8, 4) is 5.75 Å². The molecule has 3 rings (SSSR count). The molecule has 1 aliphatic carbocycles. The number of anilines is 1. The minimum atomic E-state index is 0.301. The zero-order chi connectivity index (χ0) is 17.5. The number of allylic oxidation sites excluding steroid dienone is 2. The van der Waals surface area contributed by atoms with Crippen LogP contribution in [0.2, 0.25) is 0 Å². The van der Waals surface area contributed by atoms with Crippen LogP contribution in [0.15, 0.2) is 36.4 Å². The monoisotopic (exact) mass is 360 g/mol. The smallest absolute Gasteiger partial charge is 0.173 e. The summed E-state index contributed by atoms with van der Waals surface area (Å²) in [4.78, 5) is 2.30. The molecule has 0 saturated carbocycles. The summed E-state index contributed by atoms with van der Waals surface area (Å²) < 4.78 is 11.1. The van der Waals surface area contributed by atoms with Crippen LogP contribution in [0.4, 0.5) is 5.69 Å². The molecule has 0 radical (unpaired) electrons. The lowest BCUT2D eigenvalue weighted by Crippen LogP contribution is -2.42. The fourth-order valence-electron chi connectivity index (χ4n) is 3.49. The van der Waals surface area contributed by atoms with Gasteiger partial charge in [0.05, 0.1) is 13.2 Å². The summed E-state index contributed by atoms with van der Waals surface area (Å²) in [5.41, 5.74) is 0.992. The van der Waals surface area contributed by atoms with Gasteiger partial charge in [-0.1, -0.05) is 12.2 Å². The highest BCUT2D eigenvalue weighted by molar-refractivity contribution is 7.80. The van der Waals surface area contributed by atoms with E-state index in [2.05, 4.69) is 22.4 Å². The van der Waals surface area contributed by atoms with Crippen molar-refractivity contribution in [2.24, 2.45) is 5.92 Å². The number of hydrogen-bond donors (Lipinski definition) is 1. The molecule has 1 heterocycles. The molecule has 1 fully saturated rings. The van der Waals surface area contributed by atoms with E-state index in [0.717, 1.165) is 55.5 Å². The van der Waals surface area contributed by atoms with Crippen LogP contribution < -0.4 is 10.1 Å². The Kier molecular flexibility index (Phi) is 6.70. The van der Waals surface area contributed by atoms with Gasteiger partial charge in [0.25, 0.3) is 0 Å². The topological polar surface area (TPSA) is 33.7 Å². The van der Waals surface area contributed by atoms with Crippen molar-refractivity contribution in [2.45, 2.75) is 38.2 Å². The Bertz CT molecular complexity index is 582. The lowest BCUT2D eigenvalue weighted by molar-refractivity contribution is 0.0882. The van der Waals surface area contributed by atoms with E-state index in [1.165, 1.54) is 12.8 Å². The summed E-state index contributed by atoms with van der Waals surface area (Å²) in [6.45, 7) is 2.75. The number of benzene rings is 1. The lowest BCUT2D eigenvalue weighted by Gasteiger charge is -2.32. The van der Waals surface area contributed by atoms with Crippen LogP contribution in [0.3, 0.4) is 0 Å². The van der Waals surface area contributed by atoms with Crippen LogP contribution in [-0.4, -0.2) is 42.9 Å². The van der Waals surface area contributed by atoms with Crippen molar-refractivity contribution in [3.05, 3.63) is 36.4 Å². The van der Waals surface area contributed by atoms with Crippen molar-refractivity contribution < 1.29 is 9.47 Å². The standard InChI is InChI=1S/C20H28N2O2S/c1-23-18-11-9-17(10-12-18)21-20(25)22(15-19-8-5-13-24-19)14-16-6-3-2-4-7-16/h2-3,9-12,16,19H,4-8,13-15H2,1H3,(H,21,25)/t16-,19+/m0/s1. The molecule has 136 valence electrons. The molecule has 2 aliphatic rings. The zero-order valence-corrected chi connectivity index (χ0v) is 15.8. The average Bonchev–Trinajstić information content (AvgIpc) is 3.16. The third-order valence-corrected chi connectivity index (χ3v) is 5.29. The first kappa shape index (κ1) is 18.2. The summed E-state index contributed by atoms with van der Waals surface area (Å²) in [5.74, 6) is 1.52. The van der Waals surface area contributed by atoms with Crippen LogP contribution in [0, 0.1) is 5.92 Å². The molecule has 0 bridgehead atoms.